The Morgan fingerprint density at radius 1 is 1.59 bits per heavy atom. The molecule has 4 heteroatoms. The minimum Gasteiger partial charge on any atom is -0.346 e. The van der Waals surface area contributed by atoms with Crippen LogP contribution in [0.25, 0.3) is 0 Å². The predicted octanol–water partition coefficient (Wildman–Crippen LogP) is 1.39. The van der Waals surface area contributed by atoms with E-state index in [2.05, 4.69) is 10.3 Å². The van der Waals surface area contributed by atoms with Crippen LogP contribution < -0.4 is 11.1 Å². The molecule has 1 fully saturated rings. The average molecular weight is 233 g/mol. The van der Waals surface area contributed by atoms with Crippen molar-refractivity contribution >= 4 is 5.91 Å². The van der Waals surface area contributed by atoms with Crippen LogP contribution in [0.15, 0.2) is 24.4 Å². The number of nitrogens with two attached hydrogens (primary N) is 1. The van der Waals surface area contributed by atoms with Crippen LogP contribution in [0.3, 0.4) is 0 Å². The maximum atomic E-state index is 12.1. The third-order valence-electron chi connectivity index (χ3n) is 3.39. The number of carbonyl (C=O) groups is 1. The van der Waals surface area contributed by atoms with Gasteiger partial charge in [0.25, 0.3) is 0 Å². The van der Waals surface area contributed by atoms with E-state index in [0.29, 0.717) is 5.92 Å². The second-order valence-corrected chi connectivity index (χ2v) is 5.01. The zero-order chi connectivity index (χ0) is 12.5. The van der Waals surface area contributed by atoms with Crippen molar-refractivity contribution in [2.24, 2.45) is 11.7 Å². The first-order chi connectivity index (χ1) is 8.01. The summed E-state index contributed by atoms with van der Waals surface area (Å²) in [6, 6.07) is 5.56. The van der Waals surface area contributed by atoms with Crippen LogP contribution >= 0.6 is 0 Å². The summed E-state index contributed by atoms with van der Waals surface area (Å²) in [5.41, 5.74) is 6.17. The topological polar surface area (TPSA) is 68.0 Å². The molecule has 1 amide bonds. The molecule has 1 saturated carbocycles. The molecule has 0 radical (unpaired) electrons. The molecule has 1 aromatic rings. The van der Waals surface area contributed by atoms with E-state index in [1.165, 1.54) is 0 Å². The Labute approximate surface area is 102 Å². The zero-order valence-corrected chi connectivity index (χ0v) is 10.3. The lowest BCUT2D eigenvalue weighted by atomic mass is 9.95. The highest BCUT2D eigenvalue weighted by Gasteiger charge is 2.44. The van der Waals surface area contributed by atoms with Crippen molar-refractivity contribution in [3.8, 4) is 0 Å². The van der Waals surface area contributed by atoms with Gasteiger partial charge in [-0.25, -0.2) is 0 Å². The molecule has 17 heavy (non-hydrogen) atoms. The van der Waals surface area contributed by atoms with E-state index in [-0.39, 0.29) is 11.9 Å². The Bertz CT molecular complexity index is 398. The molecule has 4 nitrogen and oxygen atoms in total. The van der Waals surface area contributed by atoms with Crippen molar-refractivity contribution in [2.45, 2.75) is 38.3 Å². The van der Waals surface area contributed by atoms with Crippen molar-refractivity contribution in [2.75, 3.05) is 0 Å². The van der Waals surface area contributed by atoms with E-state index in [1.807, 2.05) is 32.0 Å². The molecule has 0 aliphatic heterocycles. The van der Waals surface area contributed by atoms with Crippen molar-refractivity contribution in [3.63, 3.8) is 0 Å². The summed E-state index contributed by atoms with van der Waals surface area (Å²) < 4.78 is 0. The first-order valence-electron chi connectivity index (χ1n) is 6.02. The van der Waals surface area contributed by atoms with Crippen LogP contribution in [-0.4, -0.2) is 16.4 Å². The lowest BCUT2D eigenvalue weighted by Gasteiger charge is -2.25. The number of aromatic nitrogens is 1. The zero-order valence-electron chi connectivity index (χ0n) is 10.3. The molecule has 1 unspecified atom stereocenters. The van der Waals surface area contributed by atoms with E-state index in [0.717, 1.165) is 18.5 Å². The van der Waals surface area contributed by atoms with Gasteiger partial charge in [0.15, 0.2) is 0 Å². The number of hydrogen-bond donors (Lipinski definition) is 2. The number of carbonyl (C=O) groups excluding carboxylic acids is 1. The Hall–Kier alpha value is -1.42. The van der Waals surface area contributed by atoms with Crippen LogP contribution in [0, 0.1) is 5.92 Å². The van der Waals surface area contributed by atoms with Gasteiger partial charge >= 0.3 is 0 Å². The molecule has 1 heterocycles. The van der Waals surface area contributed by atoms with Gasteiger partial charge in [0, 0.05) is 6.20 Å². The lowest BCUT2D eigenvalue weighted by Crippen LogP contribution is -2.53. The second-order valence-electron chi connectivity index (χ2n) is 5.01. The summed E-state index contributed by atoms with van der Waals surface area (Å²) in [6.45, 7) is 3.73. The quantitative estimate of drug-likeness (QED) is 0.825. The van der Waals surface area contributed by atoms with E-state index < -0.39 is 5.54 Å². The number of hydrogen-bond acceptors (Lipinski definition) is 3. The van der Waals surface area contributed by atoms with E-state index in [9.17, 15) is 4.79 Å². The molecule has 0 bridgehead atoms. The minimum absolute atomic E-state index is 0.0850. The number of amides is 1. The first kappa shape index (κ1) is 12.0. The Kier molecular flexibility index (Phi) is 3.15. The Morgan fingerprint density at radius 3 is 2.82 bits per heavy atom. The summed E-state index contributed by atoms with van der Waals surface area (Å²) in [7, 11) is 0. The highest BCUT2D eigenvalue weighted by atomic mass is 16.2. The van der Waals surface area contributed by atoms with Gasteiger partial charge in [0.05, 0.1) is 17.3 Å². The molecular weight excluding hydrogens is 214 g/mol. The molecule has 1 aliphatic carbocycles. The normalized spacial score (nSPS) is 20.4. The van der Waals surface area contributed by atoms with Gasteiger partial charge in [-0.3, -0.25) is 9.78 Å². The lowest BCUT2D eigenvalue weighted by molar-refractivity contribution is -0.127. The summed E-state index contributed by atoms with van der Waals surface area (Å²) in [5.74, 6) is 0.247. The largest absolute Gasteiger partial charge is 0.346 e. The van der Waals surface area contributed by atoms with Crippen LogP contribution in [0.2, 0.25) is 0 Å². The number of nitrogens with zero attached hydrogens (tertiary/aromatic N) is 1. The summed E-state index contributed by atoms with van der Waals surface area (Å²) in [5, 5.41) is 2.93. The SMILES string of the molecule is C[C@@H](NC(=O)C(C)(N)C1CC1)c1ccccn1. The molecular formula is C13H19N3O. The molecule has 2 atom stereocenters. The van der Waals surface area contributed by atoms with Crippen molar-refractivity contribution < 1.29 is 4.79 Å². The minimum atomic E-state index is -0.747. The second kappa shape index (κ2) is 4.45. The fourth-order valence-corrected chi connectivity index (χ4v) is 1.93. The van der Waals surface area contributed by atoms with Gasteiger partial charge in [0.1, 0.15) is 0 Å². The van der Waals surface area contributed by atoms with Crippen LogP contribution in [0.1, 0.15) is 38.4 Å². The first-order valence-corrected chi connectivity index (χ1v) is 6.02. The average Bonchev–Trinajstić information content (AvgIpc) is 3.14. The van der Waals surface area contributed by atoms with Gasteiger partial charge in [-0.1, -0.05) is 6.07 Å². The maximum Gasteiger partial charge on any atom is 0.240 e. The Balaban J connectivity index is 1.99. The Morgan fingerprint density at radius 2 is 2.29 bits per heavy atom. The molecule has 1 aliphatic rings. The van der Waals surface area contributed by atoms with E-state index in [1.54, 1.807) is 6.20 Å². The number of nitrogens with one attached hydrogen (secondary N) is 1. The van der Waals surface area contributed by atoms with Gasteiger partial charge in [-0.2, -0.15) is 0 Å². The monoisotopic (exact) mass is 233 g/mol. The molecule has 0 spiro atoms. The van der Waals surface area contributed by atoms with Gasteiger partial charge in [-0.05, 0) is 44.7 Å². The van der Waals surface area contributed by atoms with Crippen LogP contribution in [-0.2, 0) is 4.79 Å². The molecule has 92 valence electrons. The summed E-state index contributed by atoms with van der Waals surface area (Å²) in [6.07, 6.45) is 3.83. The fraction of sp³-hybridized carbons (Fsp3) is 0.538. The maximum absolute atomic E-state index is 12.1. The third kappa shape index (κ3) is 2.64. The van der Waals surface area contributed by atoms with Gasteiger partial charge < -0.3 is 11.1 Å². The molecule has 0 aromatic carbocycles. The third-order valence-corrected chi connectivity index (χ3v) is 3.39. The van der Waals surface area contributed by atoms with Crippen LogP contribution in [0.5, 0.6) is 0 Å². The number of pyridine rings is 1. The standard InChI is InChI=1S/C13H19N3O/c1-9(11-5-3-4-8-15-11)16-12(17)13(2,14)10-6-7-10/h3-5,8-10H,6-7,14H2,1-2H3,(H,16,17)/t9-,13?/m1/s1. The summed E-state index contributed by atoms with van der Waals surface area (Å²) in [4.78, 5) is 16.3. The molecule has 3 N–H and O–H groups in total. The highest BCUT2D eigenvalue weighted by Crippen LogP contribution is 2.38. The van der Waals surface area contributed by atoms with E-state index in [4.69, 9.17) is 5.73 Å². The fourth-order valence-electron chi connectivity index (χ4n) is 1.93. The molecule has 1 aromatic heterocycles. The predicted molar refractivity (Wildman–Crippen MR) is 66.1 cm³/mol. The van der Waals surface area contributed by atoms with Gasteiger partial charge in [0.2, 0.25) is 5.91 Å². The highest BCUT2D eigenvalue weighted by molar-refractivity contribution is 5.86. The van der Waals surface area contributed by atoms with Crippen molar-refractivity contribution in [1.29, 1.82) is 0 Å². The van der Waals surface area contributed by atoms with Gasteiger partial charge in [-0.15, -0.1) is 0 Å². The van der Waals surface area contributed by atoms with Crippen LogP contribution in [0.4, 0.5) is 0 Å². The summed E-state index contributed by atoms with van der Waals surface area (Å²) >= 11 is 0. The van der Waals surface area contributed by atoms with Crippen molar-refractivity contribution in [3.05, 3.63) is 30.1 Å². The molecule has 0 saturated heterocycles. The van der Waals surface area contributed by atoms with E-state index >= 15 is 0 Å². The molecule has 2 rings (SSSR count). The van der Waals surface area contributed by atoms with Crippen molar-refractivity contribution in [1.82, 2.24) is 10.3 Å². The smallest absolute Gasteiger partial charge is 0.240 e. The number of rotatable bonds is 4.